The molecule has 0 aliphatic carbocycles. The van der Waals surface area contributed by atoms with Gasteiger partial charge in [-0.1, -0.05) is 0 Å². The van der Waals surface area contributed by atoms with E-state index in [1.165, 1.54) is 0 Å². The van der Waals surface area contributed by atoms with E-state index < -0.39 is 0 Å². The Morgan fingerprint density at radius 1 is 1.47 bits per heavy atom. The molecule has 2 heterocycles. The van der Waals surface area contributed by atoms with Crippen molar-refractivity contribution >= 4 is 5.78 Å². The molecule has 0 unspecified atom stereocenters. The first-order chi connectivity index (χ1) is 8.20. The molecule has 5 nitrogen and oxygen atoms in total. The third-order valence-corrected chi connectivity index (χ3v) is 2.67. The molecule has 17 heavy (non-hydrogen) atoms. The highest BCUT2D eigenvalue weighted by atomic mass is 16.3. The second-order valence-electron chi connectivity index (χ2n) is 3.84. The van der Waals surface area contributed by atoms with E-state index in [4.69, 9.17) is 10.2 Å². The number of rotatable bonds is 5. The van der Waals surface area contributed by atoms with Crippen LogP contribution in [0, 0.1) is 0 Å². The van der Waals surface area contributed by atoms with E-state index in [0.29, 0.717) is 30.9 Å². The molecule has 2 aromatic rings. The molecular formula is C12H15N3O2. The van der Waals surface area contributed by atoms with Crippen LogP contribution in [0.2, 0.25) is 0 Å². The predicted octanol–water partition coefficient (Wildman–Crippen LogP) is 1.29. The molecular weight excluding hydrogens is 218 g/mol. The highest BCUT2D eigenvalue weighted by molar-refractivity contribution is 5.93. The minimum atomic E-state index is -0.00843. The van der Waals surface area contributed by atoms with Crippen molar-refractivity contribution in [1.82, 2.24) is 9.78 Å². The van der Waals surface area contributed by atoms with Crippen molar-refractivity contribution in [2.75, 3.05) is 0 Å². The molecule has 2 rings (SSSR count). The molecule has 0 spiro atoms. The number of nitrogens with zero attached hydrogens (tertiary/aromatic N) is 2. The van der Waals surface area contributed by atoms with Crippen LogP contribution in [-0.2, 0) is 20.0 Å². The van der Waals surface area contributed by atoms with Gasteiger partial charge in [0.05, 0.1) is 6.54 Å². The minimum absolute atomic E-state index is 0.00843. The Morgan fingerprint density at radius 3 is 2.88 bits per heavy atom. The Hall–Kier alpha value is -1.88. The molecule has 0 saturated carbocycles. The fourth-order valence-electron chi connectivity index (χ4n) is 1.65. The Balaban J connectivity index is 1.95. The van der Waals surface area contributed by atoms with E-state index in [1.54, 1.807) is 23.0 Å². The van der Waals surface area contributed by atoms with Crippen LogP contribution < -0.4 is 5.73 Å². The topological polar surface area (TPSA) is 74.0 Å². The van der Waals surface area contributed by atoms with Gasteiger partial charge in [-0.25, -0.2) is 0 Å². The summed E-state index contributed by atoms with van der Waals surface area (Å²) in [6.07, 6.45) is 2.80. The summed E-state index contributed by atoms with van der Waals surface area (Å²) in [5.74, 6) is 1.01. The van der Waals surface area contributed by atoms with Crippen LogP contribution in [-0.4, -0.2) is 15.6 Å². The Labute approximate surface area is 99.2 Å². The Morgan fingerprint density at radius 2 is 2.29 bits per heavy atom. The second kappa shape index (κ2) is 4.97. The lowest BCUT2D eigenvalue weighted by Crippen LogP contribution is -2.04. The largest absolute Gasteiger partial charge is 0.457 e. The normalized spacial score (nSPS) is 10.7. The lowest BCUT2D eigenvalue weighted by Gasteiger charge is -2.00. The summed E-state index contributed by atoms with van der Waals surface area (Å²) in [5, 5.41) is 4.05. The molecule has 0 aliphatic heterocycles. The van der Waals surface area contributed by atoms with Gasteiger partial charge in [0.1, 0.15) is 5.76 Å². The van der Waals surface area contributed by atoms with Crippen LogP contribution in [0.15, 0.2) is 28.8 Å². The summed E-state index contributed by atoms with van der Waals surface area (Å²) >= 11 is 0. The van der Waals surface area contributed by atoms with Crippen molar-refractivity contribution in [3.05, 3.63) is 41.6 Å². The number of hydrogen-bond acceptors (Lipinski definition) is 4. The number of furan rings is 1. The third kappa shape index (κ3) is 2.62. The molecule has 0 atom stereocenters. The SMILES string of the molecule is Cn1nccc1CCC(=O)c1ccc(CN)o1. The van der Waals surface area contributed by atoms with Crippen LogP contribution in [0.1, 0.15) is 28.4 Å². The number of nitrogens with two attached hydrogens (primary N) is 1. The number of ketones is 1. The van der Waals surface area contributed by atoms with Gasteiger partial charge >= 0.3 is 0 Å². The van der Waals surface area contributed by atoms with E-state index in [2.05, 4.69) is 5.10 Å². The number of carbonyl (C=O) groups is 1. The summed E-state index contributed by atoms with van der Waals surface area (Å²) in [5.41, 5.74) is 6.45. The summed E-state index contributed by atoms with van der Waals surface area (Å²) in [6.45, 7) is 0.314. The number of hydrogen-bond donors (Lipinski definition) is 1. The van der Waals surface area contributed by atoms with Gasteiger partial charge in [-0.3, -0.25) is 9.48 Å². The zero-order chi connectivity index (χ0) is 12.3. The average Bonchev–Trinajstić information content (AvgIpc) is 2.94. The van der Waals surface area contributed by atoms with E-state index in [0.717, 1.165) is 5.69 Å². The van der Waals surface area contributed by atoms with Gasteiger partial charge in [-0.2, -0.15) is 5.10 Å². The Bertz CT molecular complexity index is 513. The summed E-state index contributed by atoms with van der Waals surface area (Å²) < 4.78 is 7.06. The average molecular weight is 233 g/mol. The lowest BCUT2D eigenvalue weighted by atomic mass is 10.1. The standard InChI is InChI=1S/C12H15N3O2/c1-15-9(6-7-14-15)2-4-11(16)12-5-3-10(8-13)17-12/h3,5-7H,2,4,8,13H2,1H3. The highest BCUT2D eigenvalue weighted by Crippen LogP contribution is 2.11. The third-order valence-electron chi connectivity index (χ3n) is 2.67. The van der Waals surface area contributed by atoms with Crippen LogP contribution >= 0.6 is 0 Å². The van der Waals surface area contributed by atoms with Gasteiger partial charge in [0.25, 0.3) is 0 Å². The van der Waals surface area contributed by atoms with Crippen molar-refractivity contribution in [1.29, 1.82) is 0 Å². The molecule has 0 saturated heterocycles. The highest BCUT2D eigenvalue weighted by Gasteiger charge is 2.11. The molecule has 0 aromatic carbocycles. The fourth-order valence-corrected chi connectivity index (χ4v) is 1.65. The van der Waals surface area contributed by atoms with Gasteiger partial charge < -0.3 is 10.2 Å². The molecule has 5 heteroatoms. The quantitative estimate of drug-likeness (QED) is 0.789. The molecule has 90 valence electrons. The van der Waals surface area contributed by atoms with E-state index >= 15 is 0 Å². The zero-order valence-corrected chi connectivity index (χ0v) is 9.72. The van der Waals surface area contributed by atoms with Gasteiger partial charge in [0.2, 0.25) is 0 Å². The molecule has 0 aliphatic rings. The molecule has 0 radical (unpaired) electrons. The van der Waals surface area contributed by atoms with E-state index in [9.17, 15) is 4.79 Å². The van der Waals surface area contributed by atoms with Crippen LogP contribution in [0.4, 0.5) is 0 Å². The minimum Gasteiger partial charge on any atom is -0.457 e. The maximum absolute atomic E-state index is 11.8. The van der Waals surface area contributed by atoms with Gasteiger partial charge in [-0.05, 0) is 24.6 Å². The fraction of sp³-hybridized carbons (Fsp3) is 0.333. The lowest BCUT2D eigenvalue weighted by molar-refractivity contribution is 0.0953. The smallest absolute Gasteiger partial charge is 0.198 e. The van der Waals surface area contributed by atoms with Crippen molar-refractivity contribution in [2.24, 2.45) is 12.8 Å². The molecule has 0 bridgehead atoms. The van der Waals surface area contributed by atoms with Crippen molar-refractivity contribution in [3.8, 4) is 0 Å². The number of aryl methyl sites for hydroxylation is 2. The van der Waals surface area contributed by atoms with Crippen molar-refractivity contribution in [2.45, 2.75) is 19.4 Å². The molecule has 0 amide bonds. The zero-order valence-electron chi connectivity index (χ0n) is 9.72. The first kappa shape index (κ1) is 11.6. The number of aromatic nitrogens is 2. The first-order valence-electron chi connectivity index (χ1n) is 5.49. The van der Waals surface area contributed by atoms with E-state index in [1.807, 2.05) is 13.1 Å². The summed E-state index contributed by atoms with van der Waals surface area (Å²) in [4.78, 5) is 11.8. The molecule has 0 fully saturated rings. The molecule has 2 aromatic heterocycles. The second-order valence-corrected chi connectivity index (χ2v) is 3.84. The van der Waals surface area contributed by atoms with E-state index in [-0.39, 0.29) is 5.78 Å². The van der Waals surface area contributed by atoms with Gasteiger partial charge in [0.15, 0.2) is 11.5 Å². The van der Waals surface area contributed by atoms with Crippen LogP contribution in [0.25, 0.3) is 0 Å². The Kier molecular flexibility index (Phi) is 3.39. The van der Waals surface area contributed by atoms with Gasteiger partial charge in [-0.15, -0.1) is 0 Å². The van der Waals surface area contributed by atoms with Crippen molar-refractivity contribution < 1.29 is 9.21 Å². The monoisotopic (exact) mass is 233 g/mol. The predicted molar refractivity (Wildman–Crippen MR) is 62.5 cm³/mol. The number of carbonyl (C=O) groups excluding carboxylic acids is 1. The maximum atomic E-state index is 11.8. The summed E-state index contributed by atoms with van der Waals surface area (Å²) in [6, 6.07) is 5.31. The maximum Gasteiger partial charge on any atom is 0.198 e. The molecule has 2 N–H and O–H groups in total. The first-order valence-corrected chi connectivity index (χ1v) is 5.49. The number of Topliss-reactive ketones (excluding diaryl/α,β-unsaturated/α-hetero) is 1. The summed E-state index contributed by atoms with van der Waals surface area (Å²) in [7, 11) is 1.86. The van der Waals surface area contributed by atoms with Crippen LogP contribution in [0.5, 0.6) is 0 Å². The van der Waals surface area contributed by atoms with Crippen molar-refractivity contribution in [3.63, 3.8) is 0 Å². The van der Waals surface area contributed by atoms with Gasteiger partial charge in [0, 0.05) is 25.4 Å². The van der Waals surface area contributed by atoms with Crippen LogP contribution in [0.3, 0.4) is 0 Å².